The summed E-state index contributed by atoms with van der Waals surface area (Å²) in [7, 11) is 0. The van der Waals surface area contributed by atoms with Gasteiger partial charge in [0.25, 0.3) is 5.91 Å². The Hall–Kier alpha value is -3.67. The number of carbonyl (C=O) groups excluding carboxylic acids is 2. The molecule has 5 nitrogen and oxygen atoms in total. The predicted molar refractivity (Wildman–Crippen MR) is 129 cm³/mol. The van der Waals surface area contributed by atoms with E-state index in [2.05, 4.69) is 43.4 Å². The molecular weight excluding hydrogens is 417 g/mol. The van der Waals surface area contributed by atoms with E-state index in [4.69, 9.17) is 0 Å². The zero-order chi connectivity index (χ0) is 23.4. The quantitative estimate of drug-likeness (QED) is 0.503. The van der Waals surface area contributed by atoms with E-state index in [0.29, 0.717) is 36.8 Å². The van der Waals surface area contributed by atoms with Gasteiger partial charge < -0.3 is 10.2 Å². The maximum Gasteiger partial charge on any atom is 0.324 e. The first kappa shape index (κ1) is 22.5. The maximum atomic E-state index is 13.2. The average Bonchev–Trinajstić information content (AvgIpc) is 2.81. The lowest BCUT2D eigenvalue weighted by Gasteiger charge is -2.36. The highest BCUT2D eigenvalue weighted by Gasteiger charge is 2.27. The van der Waals surface area contributed by atoms with E-state index >= 15 is 0 Å². The fourth-order valence-corrected chi connectivity index (χ4v) is 3.95. The van der Waals surface area contributed by atoms with Gasteiger partial charge in [0, 0.05) is 36.6 Å². The Bertz CT molecular complexity index is 1130. The number of amides is 3. The highest BCUT2D eigenvalue weighted by atomic mass is 19.1. The van der Waals surface area contributed by atoms with Crippen LogP contribution in [-0.4, -0.2) is 29.9 Å². The summed E-state index contributed by atoms with van der Waals surface area (Å²) in [5.41, 5.74) is 4.07. The Morgan fingerprint density at radius 1 is 1.00 bits per heavy atom. The van der Waals surface area contributed by atoms with Crippen molar-refractivity contribution in [2.75, 3.05) is 23.3 Å². The van der Waals surface area contributed by atoms with Crippen molar-refractivity contribution in [1.82, 2.24) is 4.90 Å². The Balaban J connectivity index is 1.45. The number of halogens is 1. The molecule has 1 heterocycles. The molecule has 1 saturated heterocycles. The van der Waals surface area contributed by atoms with Crippen molar-refractivity contribution in [1.29, 1.82) is 0 Å². The summed E-state index contributed by atoms with van der Waals surface area (Å²) in [6.45, 7) is 6.22. The first-order chi connectivity index (χ1) is 15.9. The van der Waals surface area contributed by atoms with Gasteiger partial charge in [-0.25, -0.2) is 9.18 Å². The van der Waals surface area contributed by atoms with E-state index in [1.54, 1.807) is 17.0 Å². The van der Waals surface area contributed by atoms with E-state index < -0.39 is 5.82 Å². The van der Waals surface area contributed by atoms with Crippen molar-refractivity contribution in [2.45, 2.75) is 32.7 Å². The Labute approximate surface area is 193 Å². The molecule has 170 valence electrons. The van der Waals surface area contributed by atoms with E-state index in [9.17, 15) is 14.0 Å². The second-order valence-electron chi connectivity index (χ2n) is 8.62. The van der Waals surface area contributed by atoms with Crippen LogP contribution in [0.3, 0.4) is 0 Å². The zero-order valence-electron chi connectivity index (χ0n) is 18.9. The summed E-state index contributed by atoms with van der Waals surface area (Å²) in [6, 6.07) is 21.0. The highest BCUT2D eigenvalue weighted by Crippen LogP contribution is 2.25. The standard InChI is InChI=1S/C27H28FN3O2/c1-19(2)21-9-7-20(8-10-21)18-30-15-4-16-31(27(30)33)25-6-3-5-24(17-25)29-26(32)22-11-13-23(28)14-12-22/h3,5-14,17,19H,4,15-16,18H2,1-2H3,(H,29,32). The van der Waals surface area contributed by atoms with Crippen LogP contribution >= 0.6 is 0 Å². The van der Waals surface area contributed by atoms with Crippen molar-refractivity contribution in [3.05, 3.63) is 95.3 Å². The zero-order valence-corrected chi connectivity index (χ0v) is 18.9. The van der Waals surface area contributed by atoms with Gasteiger partial charge in [-0.15, -0.1) is 0 Å². The first-order valence-electron chi connectivity index (χ1n) is 11.2. The van der Waals surface area contributed by atoms with Crippen molar-refractivity contribution in [2.24, 2.45) is 0 Å². The molecule has 0 aromatic heterocycles. The number of carbonyl (C=O) groups is 2. The van der Waals surface area contributed by atoms with E-state index in [-0.39, 0.29) is 11.9 Å². The lowest BCUT2D eigenvalue weighted by molar-refractivity contribution is 0.102. The normalized spacial score (nSPS) is 14.0. The van der Waals surface area contributed by atoms with E-state index in [0.717, 1.165) is 17.7 Å². The van der Waals surface area contributed by atoms with Gasteiger partial charge in [0.05, 0.1) is 0 Å². The van der Waals surface area contributed by atoms with Crippen molar-refractivity contribution in [3.63, 3.8) is 0 Å². The predicted octanol–water partition coefficient (Wildman–Crippen LogP) is 6.03. The van der Waals surface area contributed by atoms with Gasteiger partial charge >= 0.3 is 6.03 Å². The molecule has 0 atom stereocenters. The third-order valence-corrected chi connectivity index (χ3v) is 5.85. The number of urea groups is 1. The van der Waals surface area contributed by atoms with Gasteiger partial charge in [0.2, 0.25) is 0 Å². The molecule has 1 aliphatic rings. The van der Waals surface area contributed by atoms with Gasteiger partial charge in [-0.3, -0.25) is 9.69 Å². The number of nitrogens with one attached hydrogen (secondary N) is 1. The van der Waals surface area contributed by atoms with Gasteiger partial charge in [0.1, 0.15) is 5.82 Å². The number of hydrogen-bond acceptors (Lipinski definition) is 2. The van der Waals surface area contributed by atoms with Crippen molar-refractivity contribution < 1.29 is 14.0 Å². The highest BCUT2D eigenvalue weighted by molar-refractivity contribution is 6.04. The second kappa shape index (κ2) is 9.86. The van der Waals surface area contributed by atoms with Gasteiger partial charge in [-0.05, 0) is 65.9 Å². The number of benzene rings is 3. The van der Waals surface area contributed by atoms with E-state index in [1.165, 1.54) is 29.8 Å². The molecule has 4 rings (SSSR count). The first-order valence-corrected chi connectivity index (χ1v) is 11.2. The van der Waals surface area contributed by atoms with Gasteiger partial charge in [-0.2, -0.15) is 0 Å². The largest absolute Gasteiger partial charge is 0.324 e. The molecule has 0 bridgehead atoms. The minimum atomic E-state index is -0.391. The molecule has 0 radical (unpaired) electrons. The molecule has 0 spiro atoms. The minimum Gasteiger partial charge on any atom is -0.322 e. The van der Waals surface area contributed by atoms with Crippen molar-refractivity contribution >= 4 is 23.3 Å². The summed E-state index contributed by atoms with van der Waals surface area (Å²) in [5.74, 6) is -0.247. The van der Waals surface area contributed by atoms with E-state index in [1.807, 2.05) is 17.0 Å². The molecule has 0 unspecified atom stereocenters. The van der Waals surface area contributed by atoms with Crippen LogP contribution < -0.4 is 10.2 Å². The second-order valence-corrected chi connectivity index (χ2v) is 8.62. The third-order valence-electron chi connectivity index (χ3n) is 5.85. The topological polar surface area (TPSA) is 52.6 Å². The molecule has 3 aromatic rings. The number of rotatable bonds is 6. The van der Waals surface area contributed by atoms with Crippen LogP contribution in [-0.2, 0) is 6.54 Å². The molecule has 3 aromatic carbocycles. The summed E-state index contributed by atoms with van der Waals surface area (Å²) in [4.78, 5) is 29.3. The van der Waals surface area contributed by atoms with Gasteiger partial charge in [0.15, 0.2) is 0 Å². The lowest BCUT2D eigenvalue weighted by atomic mass is 10.0. The molecule has 1 fully saturated rings. The third kappa shape index (κ3) is 5.40. The molecule has 1 aliphatic heterocycles. The monoisotopic (exact) mass is 445 g/mol. The van der Waals surface area contributed by atoms with Crippen LogP contribution in [0.2, 0.25) is 0 Å². The van der Waals surface area contributed by atoms with Crippen LogP contribution in [0.1, 0.15) is 47.7 Å². The molecule has 1 N–H and O–H groups in total. The van der Waals surface area contributed by atoms with Crippen LogP contribution in [0.25, 0.3) is 0 Å². The Morgan fingerprint density at radius 3 is 2.42 bits per heavy atom. The van der Waals surface area contributed by atoms with Crippen LogP contribution in [0.5, 0.6) is 0 Å². The van der Waals surface area contributed by atoms with Crippen LogP contribution in [0.15, 0.2) is 72.8 Å². The summed E-state index contributed by atoms with van der Waals surface area (Å²) < 4.78 is 13.1. The number of hydrogen-bond donors (Lipinski definition) is 1. The van der Waals surface area contributed by atoms with Crippen LogP contribution in [0.4, 0.5) is 20.6 Å². The maximum absolute atomic E-state index is 13.2. The summed E-state index contributed by atoms with van der Waals surface area (Å²) in [5, 5.41) is 2.82. The molecule has 3 amide bonds. The fourth-order valence-electron chi connectivity index (χ4n) is 3.95. The average molecular weight is 446 g/mol. The minimum absolute atomic E-state index is 0.0452. The fraction of sp³-hybridized carbons (Fsp3) is 0.259. The lowest BCUT2D eigenvalue weighted by Crippen LogP contribution is -2.49. The molecule has 6 heteroatoms. The van der Waals surface area contributed by atoms with Gasteiger partial charge in [-0.1, -0.05) is 44.2 Å². The molecule has 0 saturated carbocycles. The number of anilines is 2. The van der Waals surface area contributed by atoms with Crippen molar-refractivity contribution in [3.8, 4) is 0 Å². The molecular formula is C27H28FN3O2. The molecule has 33 heavy (non-hydrogen) atoms. The smallest absolute Gasteiger partial charge is 0.322 e. The van der Waals surface area contributed by atoms with Crippen LogP contribution in [0, 0.1) is 5.82 Å². The summed E-state index contributed by atoms with van der Waals surface area (Å²) >= 11 is 0. The SMILES string of the molecule is CC(C)c1ccc(CN2CCCN(c3cccc(NC(=O)c4ccc(F)cc4)c3)C2=O)cc1. The summed E-state index contributed by atoms with van der Waals surface area (Å²) in [6.07, 6.45) is 0.863. The number of nitrogens with zero attached hydrogens (tertiary/aromatic N) is 2. The molecule has 0 aliphatic carbocycles. The Kier molecular flexibility index (Phi) is 6.73. The Morgan fingerprint density at radius 2 is 1.73 bits per heavy atom.